The minimum atomic E-state index is -1.70. The highest BCUT2D eigenvalue weighted by Gasteiger charge is 2.46. The monoisotopic (exact) mass is 1380 g/mol. The molecule has 1 heterocycles. The SMILES string of the molecule is C/C=C/CC(C)C(O)[C@H]1C(=O)N[C@@H](CC)C(=O)N(C)CC(=O)N(C)[C@@H](CC(C)(C)OC(=O)Oc2ccc([N+](=O)[O-])cc2)C(=O)N[C@@H](C(C)C)C(=O)N(C)[C@@H](CC(C)C)C(=O)N[C@@H](C)C(=O)N[C@H](C)C(=O)N(C)[C@@H](CC(C)C)C(=O)N(C)[C@@H](CC(C)C)C(=O)N(C)[C@@H](C(C)C)C(=O)N1C. The van der Waals surface area contributed by atoms with Crippen molar-refractivity contribution in [2.45, 2.75) is 228 Å². The molecule has 1 aliphatic rings. The van der Waals surface area contributed by atoms with E-state index in [1.54, 1.807) is 74.5 Å². The fourth-order valence-electron chi connectivity index (χ4n) is 11.7. The highest BCUT2D eigenvalue weighted by atomic mass is 16.7. The Labute approximate surface area is 579 Å². The van der Waals surface area contributed by atoms with Crippen LogP contribution in [0.25, 0.3) is 0 Å². The summed E-state index contributed by atoms with van der Waals surface area (Å²) < 4.78 is 11.0. The fourth-order valence-corrected chi connectivity index (χ4v) is 11.7. The molecule has 1 aromatic carbocycles. The van der Waals surface area contributed by atoms with Gasteiger partial charge in [0.15, 0.2) is 0 Å². The minimum Gasteiger partial charge on any atom is -0.428 e. The molecule has 0 bridgehead atoms. The Kier molecular flexibility index (Phi) is 33.5. The third-order valence-electron chi connectivity index (χ3n) is 17.7. The number of nitrogens with zero attached hydrogens (tertiary/aromatic N) is 8. The Morgan fingerprint density at radius 3 is 1.54 bits per heavy atom. The lowest BCUT2D eigenvalue weighted by Crippen LogP contribution is -2.63. The van der Waals surface area contributed by atoms with Crippen LogP contribution in [0.2, 0.25) is 0 Å². The molecule has 29 nitrogen and oxygen atoms in total. The summed E-state index contributed by atoms with van der Waals surface area (Å²) in [5, 5.41) is 34.2. The van der Waals surface area contributed by atoms with Crippen molar-refractivity contribution in [2.24, 2.45) is 35.5 Å². The average Bonchev–Trinajstić information content (AvgIpc) is 0.804. The number of carbonyl (C=O) groups excluding carboxylic acids is 12. The maximum atomic E-state index is 15.3. The Morgan fingerprint density at radius 1 is 0.592 bits per heavy atom. The zero-order valence-electron chi connectivity index (χ0n) is 62.3. The van der Waals surface area contributed by atoms with Crippen molar-refractivity contribution >= 4 is 76.8 Å². The number of ether oxygens (including phenoxy) is 2. The molecule has 1 saturated heterocycles. The Morgan fingerprint density at radius 2 is 1.06 bits per heavy atom. The molecule has 98 heavy (non-hydrogen) atoms. The molecule has 1 aliphatic heterocycles. The first-order valence-electron chi connectivity index (χ1n) is 33.8. The molecule has 29 heteroatoms. The van der Waals surface area contributed by atoms with Crippen molar-refractivity contribution in [2.75, 3.05) is 55.9 Å². The van der Waals surface area contributed by atoms with Crippen LogP contribution in [0, 0.1) is 45.6 Å². The Balaban J connectivity index is 3.04. The summed E-state index contributed by atoms with van der Waals surface area (Å²) >= 11 is 0. The summed E-state index contributed by atoms with van der Waals surface area (Å²) in [6.07, 6.45) is 0.608. The number of likely N-dealkylation sites (N-methyl/N-ethyl adjacent to an activating group) is 7. The summed E-state index contributed by atoms with van der Waals surface area (Å²) in [4.78, 5) is 194. The number of nitrogens with one attached hydrogen (secondary N) is 4. The topological polar surface area (TPSA) is 357 Å². The quantitative estimate of drug-likeness (QED) is 0.0443. The molecule has 0 saturated carbocycles. The first-order chi connectivity index (χ1) is 45.3. The molecule has 12 atom stereocenters. The summed E-state index contributed by atoms with van der Waals surface area (Å²) in [6.45, 7) is 27.5. The van der Waals surface area contributed by atoms with Crippen LogP contribution in [0.4, 0.5) is 10.5 Å². The smallest absolute Gasteiger partial charge is 0.428 e. The third-order valence-corrected chi connectivity index (χ3v) is 17.7. The van der Waals surface area contributed by atoms with Crippen LogP contribution in [0.15, 0.2) is 36.4 Å². The highest BCUT2D eigenvalue weighted by molar-refractivity contribution is 5.99. The van der Waals surface area contributed by atoms with Crippen LogP contribution in [-0.2, 0) is 57.5 Å². The largest absolute Gasteiger partial charge is 0.514 e. The van der Waals surface area contributed by atoms with E-state index in [1.807, 2.05) is 27.7 Å². The van der Waals surface area contributed by atoms with Crippen molar-refractivity contribution in [1.82, 2.24) is 55.6 Å². The molecule has 0 aliphatic carbocycles. The number of nitro groups is 1. The molecule has 0 aromatic heterocycles. The van der Waals surface area contributed by atoms with Crippen molar-refractivity contribution < 1.29 is 77.0 Å². The zero-order valence-corrected chi connectivity index (χ0v) is 62.3. The number of rotatable bonds is 18. The van der Waals surface area contributed by atoms with Gasteiger partial charge in [0.1, 0.15) is 71.8 Å². The van der Waals surface area contributed by atoms with E-state index >= 15 is 19.2 Å². The number of hydrogen-bond acceptors (Lipinski definition) is 17. The number of benzene rings is 1. The number of carbonyl (C=O) groups is 12. The lowest BCUT2D eigenvalue weighted by Gasteiger charge is -2.41. The second-order valence-electron chi connectivity index (χ2n) is 28.6. The number of nitro benzene ring substituents is 1. The van der Waals surface area contributed by atoms with Gasteiger partial charge in [0.25, 0.3) is 5.69 Å². The maximum absolute atomic E-state index is 15.3. The lowest BCUT2D eigenvalue weighted by molar-refractivity contribution is -0.384. The molecule has 552 valence electrons. The van der Waals surface area contributed by atoms with Gasteiger partial charge in [-0.3, -0.25) is 62.9 Å². The number of amides is 11. The predicted molar refractivity (Wildman–Crippen MR) is 368 cm³/mol. The fraction of sp³-hybridized carbons (Fsp3) is 0.710. The van der Waals surface area contributed by atoms with Gasteiger partial charge in [-0.05, 0) is 114 Å². The summed E-state index contributed by atoms with van der Waals surface area (Å²) in [5.41, 5.74) is -1.98. The first-order valence-corrected chi connectivity index (χ1v) is 33.8. The van der Waals surface area contributed by atoms with Crippen molar-refractivity contribution in [3.8, 4) is 5.75 Å². The zero-order chi connectivity index (χ0) is 75.5. The summed E-state index contributed by atoms with van der Waals surface area (Å²) in [5.74, 6) is -11.4. The van der Waals surface area contributed by atoms with Crippen molar-refractivity contribution in [3.63, 3.8) is 0 Å². The number of allylic oxidation sites excluding steroid dienone is 2. The molecule has 0 radical (unpaired) electrons. The molecule has 0 spiro atoms. The standard InChI is InChI=1S/C69H114N12O17/c1-25-27-28-43(13)57(83)56-61(87)72-48(26-2)63(89)74(18)37-53(82)75(19)52(36-69(16,17)98-68(94)97-47-31-29-46(30-32-47)81(95)96)60(86)73-54(41(9)10)66(92)76(20)49(33-38(3)4)59(85)70-44(14)58(84)71-45(15)62(88)77(21)50(34-39(5)6)64(90)78(22)51(35-40(7)8)65(91)79(23)55(42(11)12)67(93)80(56)24/h25,27,29-32,38-45,48-52,54-57,83H,26,28,33-37H2,1-24H3,(H,70,85)(H,71,84)(H,72,87)(H,73,86)/b27-25+/t43?,44-,45+,48-,49-,50-,51-,52-,54-,55-,56-,57?/m0/s1. The highest BCUT2D eigenvalue weighted by Crippen LogP contribution is 2.28. The van der Waals surface area contributed by atoms with Crippen LogP contribution in [0.3, 0.4) is 0 Å². The molecule has 11 amide bonds. The Hall–Kier alpha value is -8.24. The number of non-ortho nitro benzene ring substituents is 1. The second-order valence-corrected chi connectivity index (χ2v) is 28.6. The van der Waals surface area contributed by atoms with Crippen LogP contribution >= 0.6 is 0 Å². The molecule has 2 unspecified atom stereocenters. The van der Waals surface area contributed by atoms with E-state index in [9.17, 15) is 53.6 Å². The predicted octanol–water partition coefficient (Wildman–Crippen LogP) is 4.52. The van der Waals surface area contributed by atoms with Gasteiger partial charge in [-0.1, -0.05) is 95.2 Å². The molecule has 2 rings (SSSR count). The van der Waals surface area contributed by atoms with Gasteiger partial charge in [-0.25, -0.2) is 4.79 Å². The average molecular weight is 1380 g/mol. The molecular formula is C69H114N12O17. The van der Waals surface area contributed by atoms with E-state index in [-0.39, 0.29) is 61.3 Å². The Bertz CT molecular complexity index is 2990. The number of aliphatic hydroxyl groups is 1. The molecule has 5 N–H and O–H groups in total. The molecule has 1 fully saturated rings. The van der Waals surface area contributed by atoms with Gasteiger partial charge in [-0.15, -0.1) is 0 Å². The van der Waals surface area contributed by atoms with Crippen molar-refractivity contribution in [1.29, 1.82) is 0 Å². The normalized spacial score (nSPS) is 24.8. The van der Waals surface area contributed by atoms with E-state index in [0.29, 0.717) is 0 Å². The van der Waals surface area contributed by atoms with E-state index < -0.39 is 179 Å². The maximum Gasteiger partial charge on any atom is 0.514 e. The summed E-state index contributed by atoms with van der Waals surface area (Å²) in [6, 6.07) is -9.16. The molecular weight excluding hydrogens is 1270 g/mol. The van der Waals surface area contributed by atoms with Crippen LogP contribution in [0.1, 0.15) is 156 Å². The van der Waals surface area contributed by atoms with Gasteiger partial charge in [0.05, 0.1) is 17.6 Å². The van der Waals surface area contributed by atoms with Gasteiger partial charge >= 0.3 is 6.16 Å². The van der Waals surface area contributed by atoms with E-state index in [2.05, 4.69) is 21.3 Å². The van der Waals surface area contributed by atoms with Gasteiger partial charge in [-0.2, -0.15) is 0 Å². The lowest BCUT2D eigenvalue weighted by atomic mass is 9.91. The van der Waals surface area contributed by atoms with E-state index in [4.69, 9.17) is 9.47 Å². The van der Waals surface area contributed by atoms with Gasteiger partial charge in [0.2, 0.25) is 65.0 Å². The minimum absolute atomic E-state index is 0.0583. The third kappa shape index (κ3) is 24.0. The summed E-state index contributed by atoms with van der Waals surface area (Å²) in [7, 11) is 9.42. The van der Waals surface area contributed by atoms with Crippen molar-refractivity contribution in [3.05, 3.63) is 46.5 Å². The van der Waals surface area contributed by atoms with Crippen LogP contribution < -0.4 is 26.0 Å². The number of aliphatic hydroxyl groups excluding tert-OH is 1. The van der Waals surface area contributed by atoms with Crippen LogP contribution in [-0.4, -0.2) is 243 Å². The van der Waals surface area contributed by atoms with Gasteiger partial charge in [0, 0.05) is 67.9 Å². The van der Waals surface area contributed by atoms with Gasteiger partial charge < -0.3 is 70.1 Å². The molecule has 1 aromatic rings. The van der Waals surface area contributed by atoms with E-state index in [0.717, 1.165) is 43.9 Å². The van der Waals surface area contributed by atoms with Crippen LogP contribution in [0.5, 0.6) is 5.75 Å². The second kappa shape index (κ2) is 38.2. The van der Waals surface area contributed by atoms with E-state index in [1.165, 1.54) is 91.7 Å². The first kappa shape index (κ1) is 85.8. The number of hydrogen-bond donors (Lipinski definition) is 5.